The molecule has 0 radical (unpaired) electrons. The van der Waals surface area contributed by atoms with Gasteiger partial charge in [-0.2, -0.15) is 22.0 Å². The summed E-state index contributed by atoms with van der Waals surface area (Å²) in [6.07, 6.45) is -4.43. The summed E-state index contributed by atoms with van der Waals surface area (Å²) in [4.78, 5) is 8.57. The van der Waals surface area contributed by atoms with E-state index in [-0.39, 0.29) is 11.2 Å². The van der Waals surface area contributed by atoms with Crippen LogP contribution in [-0.2, 0) is 5.92 Å². The Morgan fingerprint density at radius 2 is 1.81 bits per heavy atom. The van der Waals surface area contributed by atoms with Crippen molar-refractivity contribution < 1.29 is 22.0 Å². The van der Waals surface area contributed by atoms with Gasteiger partial charge in [-0.25, -0.2) is 9.97 Å². The summed E-state index contributed by atoms with van der Waals surface area (Å²) in [5.41, 5.74) is -0.150. The van der Waals surface area contributed by atoms with Crippen LogP contribution in [0.4, 0.5) is 22.0 Å². The van der Waals surface area contributed by atoms with Crippen molar-refractivity contribution in [1.82, 2.24) is 15.0 Å². The Labute approximate surface area is 85.3 Å². The molecule has 0 spiro atoms. The first-order chi connectivity index (χ1) is 7.32. The number of nitrogens with one attached hydrogen (secondary N) is 1. The minimum Gasteiger partial charge on any atom is -0.335 e. The number of aromatic nitrogens is 3. The molecular weight excluding hydrogens is 233 g/mol. The number of halogens is 5. The molecule has 0 aliphatic heterocycles. The van der Waals surface area contributed by atoms with Gasteiger partial charge in [0.25, 0.3) is 0 Å². The van der Waals surface area contributed by atoms with Crippen molar-refractivity contribution in [2.45, 2.75) is 12.1 Å². The van der Waals surface area contributed by atoms with Gasteiger partial charge in [-0.05, 0) is 12.1 Å². The van der Waals surface area contributed by atoms with Crippen LogP contribution >= 0.6 is 0 Å². The summed E-state index contributed by atoms with van der Waals surface area (Å²) in [6, 6.07) is 2.71. The van der Waals surface area contributed by atoms with Gasteiger partial charge in [-0.1, -0.05) is 0 Å². The molecule has 0 aromatic carbocycles. The summed E-state index contributed by atoms with van der Waals surface area (Å²) in [5.74, 6) is -6.46. The normalized spacial score (nSPS) is 13.3. The van der Waals surface area contributed by atoms with Gasteiger partial charge in [0.2, 0.25) is 0 Å². The van der Waals surface area contributed by atoms with Crippen molar-refractivity contribution in [1.29, 1.82) is 0 Å². The zero-order chi connectivity index (χ0) is 12.0. The number of fused-ring (bicyclic) bond motifs is 1. The lowest BCUT2D eigenvalue weighted by Crippen LogP contribution is -2.34. The van der Waals surface area contributed by atoms with Gasteiger partial charge >= 0.3 is 12.1 Å². The van der Waals surface area contributed by atoms with Crippen LogP contribution in [0, 0.1) is 0 Å². The number of aromatic amines is 1. The van der Waals surface area contributed by atoms with Crippen molar-refractivity contribution >= 4 is 11.2 Å². The van der Waals surface area contributed by atoms with E-state index in [0.29, 0.717) is 0 Å². The quantitative estimate of drug-likeness (QED) is 0.774. The van der Waals surface area contributed by atoms with Crippen LogP contribution in [0.3, 0.4) is 0 Å². The van der Waals surface area contributed by atoms with Gasteiger partial charge in [0, 0.05) is 6.20 Å². The minimum absolute atomic E-state index is 0.0291. The molecule has 1 N–H and O–H groups in total. The monoisotopic (exact) mass is 237 g/mol. The highest BCUT2D eigenvalue weighted by atomic mass is 19.4. The average molecular weight is 237 g/mol. The predicted octanol–water partition coefficient (Wildman–Crippen LogP) is 2.61. The van der Waals surface area contributed by atoms with Gasteiger partial charge in [0.05, 0.1) is 5.52 Å². The molecule has 2 aromatic rings. The third kappa shape index (κ3) is 1.50. The minimum atomic E-state index is -5.68. The molecule has 0 fully saturated rings. The Morgan fingerprint density at radius 3 is 2.38 bits per heavy atom. The van der Waals surface area contributed by atoms with E-state index in [1.165, 1.54) is 18.3 Å². The smallest absolute Gasteiger partial charge is 0.335 e. The van der Waals surface area contributed by atoms with Gasteiger partial charge in [0.15, 0.2) is 11.5 Å². The Hall–Kier alpha value is -1.73. The van der Waals surface area contributed by atoms with Crippen LogP contribution in [0.5, 0.6) is 0 Å². The zero-order valence-electron chi connectivity index (χ0n) is 7.52. The molecule has 16 heavy (non-hydrogen) atoms. The molecule has 2 heterocycles. The topological polar surface area (TPSA) is 41.6 Å². The zero-order valence-corrected chi connectivity index (χ0v) is 7.52. The van der Waals surface area contributed by atoms with Crippen molar-refractivity contribution in [3.63, 3.8) is 0 Å². The average Bonchev–Trinajstić information content (AvgIpc) is 2.59. The Kier molecular flexibility index (Phi) is 2.11. The maximum Gasteiger partial charge on any atom is 0.461 e. The second-order valence-electron chi connectivity index (χ2n) is 3.03. The van der Waals surface area contributed by atoms with Crippen molar-refractivity contribution in [3.8, 4) is 0 Å². The Bertz CT molecular complexity index is 483. The van der Waals surface area contributed by atoms with E-state index in [9.17, 15) is 22.0 Å². The standard InChI is InChI=1S/C8H4F5N3/c9-7(10,8(11,12)13)6-15-4-2-1-3-14-5(4)16-6/h1-3H,(H,14,15,16). The molecule has 0 unspecified atom stereocenters. The third-order valence-electron chi connectivity index (χ3n) is 1.91. The number of imidazole rings is 1. The molecule has 0 atom stereocenters. The molecule has 86 valence electrons. The molecule has 0 aliphatic carbocycles. The number of alkyl halides is 5. The summed E-state index contributed by atoms with van der Waals surface area (Å²) in [7, 11) is 0. The first-order valence-corrected chi connectivity index (χ1v) is 4.08. The highest BCUT2D eigenvalue weighted by Crippen LogP contribution is 2.42. The second kappa shape index (κ2) is 3.13. The van der Waals surface area contributed by atoms with Crippen molar-refractivity contribution in [2.24, 2.45) is 0 Å². The lowest BCUT2D eigenvalue weighted by Gasteiger charge is -2.16. The van der Waals surface area contributed by atoms with Gasteiger partial charge in [-0.15, -0.1) is 0 Å². The lowest BCUT2D eigenvalue weighted by atomic mass is 10.3. The fraction of sp³-hybridized carbons (Fsp3) is 0.250. The van der Waals surface area contributed by atoms with Crippen molar-refractivity contribution in [2.75, 3.05) is 0 Å². The highest BCUT2D eigenvalue weighted by Gasteiger charge is 2.61. The molecule has 2 aromatic heterocycles. The molecule has 0 bridgehead atoms. The van der Waals surface area contributed by atoms with Crippen LogP contribution in [0.1, 0.15) is 5.82 Å². The van der Waals surface area contributed by atoms with Gasteiger partial charge in [-0.3, -0.25) is 0 Å². The fourth-order valence-electron chi connectivity index (χ4n) is 1.13. The van der Waals surface area contributed by atoms with Crippen LogP contribution in [-0.4, -0.2) is 21.1 Å². The van der Waals surface area contributed by atoms with Crippen LogP contribution in [0.15, 0.2) is 18.3 Å². The Morgan fingerprint density at radius 1 is 1.12 bits per heavy atom. The molecule has 2 rings (SSSR count). The first kappa shape index (κ1) is 10.8. The summed E-state index contributed by atoms with van der Waals surface area (Å²) >= 11 is 0. The van der Waals surface area contributed by atoms with E-state index in [1.807, 2.05) is 4.98 Å². The van der Waals surface area contributed by atoms with Crippen LogP contribution in [0.25, 0.3) is 11.2 Å². The number of hydrogen-bond acceptors (Lipinski definition) is 2. The van der Waals surface area contributed by atoms with E-state index in [2.05, 4.69) is 9.97 Å². The molecule has 0 saturated heterocycles. The van der Waals surface area contributed by atoms with E-state index in [0.717, 1.165) is 0 Å². The van der Waals surface area contributed by atoms with Crippen molar-refractivity contribution in [3.05, 3.63) is 24.2 Å². The van der Waals surface area contributed by atoms with Gasteiger partial charge in [0.1, 0.15) is 0 Å². The maximum absolute atomic E-state index is 12.9. The van der Waals surface area contributed by atoms with Crippen LogP contribution in [0.2, 0.25) is 0 Å². The largest absolute Gasteiger partial charge is 0.461 e. The number of rotatable bonds is 1. The molecular formula is C8H4F5N3. The van der Waals surface area contributed by atoms with Gasteiger partial charge < -0.3 is 4.98 Å². The van der Waals surface area contributed by atoms with E-state index >= 15 is 0 Å². The summed E-state index contributed by atoms with van der Waals surface area (Å²) in [6.45, 7) is 0. The molecule has 8 heteroatoms. The first-order valence-electron chi connectivity index (χ1n) is 4.08. The number of pyridine rings is 1. The summed E-state index contributed by atoms with van der Waals surface area (Å²) in [5, 5.41) is 0. The third-order valence-corrected chi connectivity index (χ3v) is 1.91. The highest BCUT2D eigenvalue weighted by molar-refractivity contribution is 5.70. The molecule has 3 nitrogen and oxygen atoms in total. The summed E-state index contributed by atoms with van der Waals surface area (Å²) < 4.78 is 61.8. The second-order valence-corrected chi connectivity index (χ2v) is 3.03. The molecule has 0 saturated carbocycles. The van der Waals surface area contributed by atoms with E-state index in [4.69, 9.17) is 0 Å². The lowest BCUT2D eigenvalue weighted by molar-refractivity contribution is -0.292. The number of nitrogens with zero attached hydrogens (tertiary/aromatic N) is 2. The molecule has 0 aliphatic rings. The number of H-pyrrole nitrogens is 1. The van der Waals surface area contributed by atoms with E-state index in [1.54, 1.807) is 0 Å². The van der Waals surface area contributed by atoms with Crippen LogP contribution < -0.4 is 0 Å². The fourth-order valence-corrected chi connectivity index (χ4v) is 1.13. The maximum atomic E-state index is 12.9. The number of hydrogen-bond donors (Lipinski definition) is 1. The predicted molar refractivity (Wildman–Crippen MR) is 43.8 cm³/mol. The van der Waals surface area contributed by atoms with E-state index < -0.39 is 17.9 Å². The molecule has 0 amide bonds. The SMILES string of the molecule is FC(F)(F)C(F)(F)c1nc2ncccc2[nH]1. The Balaban J connectivity index is 2.56.